The molecule has 1 aromatic carbocycles. The number of fused-ring (bicyclic) bond motifs is 2. The maximum Gasteiger partial charge on any atom is 0.488 e. The second-order valence-electron chi connectivity index (χ2n) is 7.89. The smallest absolute Gasteiger partial charge is 0.434 e. The van der Waals surface area contributed by atoms with Crippen LogP contribution < -0.4 is 15.5 Å². The van der Waals surface area contributed by atoms with Crippen LogP contribution in [0.4, 0.5) is 17.3 Å². The van der Waals surface area contributed by atoms with Crippen LogP contribution in [0.1, 0.15) is 17.3 Å². The zero-order valence-electron chi connectivity index (χ0n) is 18.6. The molecule has 4 unspecified atom stereocenters. The SMILES string of the molecule is [B][P+]1(OCOC(C)=O)OCC2OC(N3CNc4c(NC(=O)c5ccccc5)ncnc43)C(O)[C@@H]2O1. The number of rotatable bonds is 6. The van der Waals surface area contributed by atoms with E-state index >= 15 is 0 Å². The van der Waals surface area contributed by atoms with E-state index in [0.29, 0.717) is 22.9 Å². The van der Waals surface area contributed by atoms with Gasteiger partial charge < -0.3 is 30.1 Å². The molecule has 0 bridgehead atoms. The molecule has 15 heteroatoms. The van der Waals surface area contributed by atoms with Crippen LogP contribution in [0.15, 0.2) is 36.7 Å². The number of esters is 1. The Kier molecular flexibility index (Phi) is 6.58. The second-order valence-corrected chi connectivity index (χ2v) is 9.70. The average molecular weight is 502 g/mol. The average Bonchev–Trinajstić information content (AvgIpc) is 3.41. The van der Waals surface area contributed by atoms with Crippen molar-refractivity contribution in [1.29, 1.82) is 0 Å². The Morgan fingerprint density at radius 3 is 2.91 bits per heavy atom. The standard InChI is InChI=1S/C20H22BN5O8P/c1-11(27)30-10-32-35(21)31-7-13-16(34-35)15(28)20(33-13)26-9-24-14-17(22-8-23-18(14)26)25-19(29)12-5-3-2-4-6-12/h2-6,8,13,15-16,20,24,28H,7,9-10H2,1H3,(H,22,23,25,29)/q+1/t13?,15?,16-,20?,35?/m1/s1. The molecule has 3 aliphatic heterocycles. The van der Waals surface area contributed by atoms with Gasteiger partial charge in [-0.05, 0) is 12.1 Å². The Balaban J connectivity index is 1.29. The van der Waals surface area contributed by atoms with Crippen molar-refractivity contribution in [2.45, 2.75) is 31.5 Å². The van der Waals surface area contributed by atoms with Crippen LogP contribution in [0.5, 0.6) is 0 Å². The summed E-state index contributed by atoms with van der Waals surface area (Å²) >= 11 is 0. The molecule has 2 saturated heterocycles. The highest BCUT2D eigenvalue weighted by Crippen LogP contribution is 2.62. The van der Waals surface area contributed by atoms with Gasteiger partial charge in [0.2, 0.25) is 6.79 Å². The third kappa shape index (κ3) is 4.81. The van der Waals surface area contributed by atoms with E-state index in [0.717, 1.165) is 0 Å². The van der Waals surface area contributed by atoms with E-state index < -0.39 is 45.1 Å². The number of anilines is 3. The Hall–Kier alpha value is -2.87. The van der Waals surface area contributed by atoms with Gasteiger partial charge in [-0.2, -0.15) is 13.6 Å². The first kappa shape index (κ1) is 23.9. The molecule has 0 saturated carbocycles. The molecule has 0 aliphatic carbocycles. The lowest BCUT2D eigenvalue weighted by molar-refractivity contribution is -0.149. The molecule has 3 N–H and O–H groups in total. The lowest BCUT2D eigenvalue weighted by atomic mass is 10.1. The number of benzene rings is 1. The number of aromatic nitrogens is 2. The van der Waals surface area contributed by atoms with Gasteiger partial charge in [-0.1, -0.05) is 18.2 Å². The van der Waals surface area contributed by atoms with E-state index in [1.54, 1.807) is 29.2 Å². The maximum absolute atomic E-state index is 12.6. The van der Waals surface area contributed by atoms with Crippen LogP contribution >= 0.6 is 7.82 Å². The number of hydrogen-bond donors (Lipinski definition) is 3. The van der Waals surface area contributed by atoms with E-state index in [4.69, 9.17) is 30.6 Å². The lowest BCUT2D eigenvalue weighted by Crippen LogP contribution is -2.46. The molecule has 3 aliphatic rings. The van der Waals surface area contributed by atoms with E-state index in [9.17, 15) is 14.7 Å². The van der Waals surface area contributed by atoms with E-state index in [1.165, 1.54) is 13.3 Å². The molecule has 0 spiro atoms. The molecule has 13 nitrogen and oxygen atoms in total. The normalized spacial score (nSPS) is 29.1. The maximum atomic E-state index is 12.6. The highest BCUT2D eigenvalue weighted by atomic mass is 31.2. The number of aliphatic hydroxyl groups excluding tert-OH is 1. The molecule has 4 heterocycles. The van der Waals surface area contributed by atoms with Crippen molar-refractivity contribution in [3.05, 3.63) is 42.2 Å². The molecular weight excluding hydrogens is 480 g/mol. The Bertz CT molecular complexity index is 1120. The monoisotopic (exact) mass is 502 g/mol. The summed E-state index contributed by atoms with van der Waals surface area (Å²) in [6, 6.07) is 8.74. The summed E-state index contributed by atoms with van der Waals surface area (Å²) in [6.45, 7) is 1.04. The van der Waals surface area contributed by atoms with Gasteiger partial charge in [-0.25, -0.2) is 9.97 Å². The highest BCUT2D eigenvalue weighted by molar-refractivity contribution is 7.85. The van der Waals surface area contributed by atoms with Gasteiger partial charge in [0.15, 0.2) is 24.0 Å². The van der Waals surface area contributed by atoms with Gasteiger partial charge in [-0.3, -0.25) is 9.59 Å². The fourth-order valence-electron chi connectivity index (χ4n) is 3.94. The quantitative estimate of drug-likeness (QED) is 0.222. The molecular formula is C20H22BN5O8P+. The summed E-state index contributed by atoms with van der Waals surface area (Å²) in [5.74, 6) is -0.136. The van der Waals surface area contributed by atoms with Crippen molar-refractivity contribution in [1.82, 2.24) is 9.97 Å². The fraction of sp³-hybridized carbons (Fsp3) is 0.400. The zero-order chi connectivity index (χ0) is 24.6. The van der Waals surface area contributed by atoms with Gasteiger partial charge in [0.1, 0.15) is 30.8 Å². The number of carbonyl (C=O) groups is 2. The first-order valence-electron chi connectivity index (χ1n) is 10.7. The molecule has 5 rings (SSSR count). The number of carbonyl (C=O) groups excluding carboxylic acids is 2. The third-order valence-corrected chi connectivity index (χ3v) is 7.10. The first-order valence-corrected chi connectivity index (χ1v) is 12.3. The third-order valence-electron chi connectivity index (χ3n) is 5.59. The Labute approximate surface area is 202 Å². The Morgan fingerprint density at radius 1 is 1.34 bits per heavy atom. The summed E-state index contributed by atoms with van der Waals surface area (Å²) in [7, 11) is 2.72. The van der Waals surface area contributed by atoms with Gasteiger partial charge in [0.05, 0.1) is 6.67 Å². The first-order chi connectivity index (χ1) is 16.8. The lowest BCUT2D eigenvalue weighted by Gasteiger charge is -2.30. The number of nitrogens with zero attached hydrogens (tertiary/aromatic N) is 3. The van der Waals surface area contributed by atoms with Crippen molar-refractivity contribution in [3.8, 4) is 0 Å². The van der Waals surface area contributed by atoms with Gasteiger partial charge in [-0.15, -0.1) is 0 Å². The summed E-state index contributed by atoms with van der Waals surface area (Å²) in [5, 5.41) is 16.9. The molecule has 1 amide bonds. The minimum atomic E-state index is -3.33. The molecule has 5 atom stereocenters. The van der Waals surface area contributed by atoms with E-state index in [2.05, 4.69) is 20.6 Å². The predicted octanol–water partition coefficient (Wildman–Crippen LogP) is 0.803. The number of nitrogens with one attached hydrogen (secondary N) is 2. The van der Waals surface area contributed by atoms with Gasteiger partial charge >= 0.3 is 21.4 Å². The molecule has 2 aromatic rings. The summed E-state index contributed by atoms with van der Waals surface area (Å²) < 4.78 is 27.3. The number of hydrogen-bond acceptors (Lipinski definition) is 12. The predicted molar refractivity (Wildman–Crippen MR) is 123 cm³/mol. The van der Waals surface area contributed by atoms with Crippen LogP contribution in [-0.4, -0.2) is 79.1 Å². The highest BCUT2D eigenvalue weighted by Gasteiger charge is 2.59. The molecule has 35 heavy (non-hydrogen) atoms. The van der Waals surface area contributed by atoms with Crippen LogP contribution in [0.3, 0.4) is 0 Å². The minimum absolute atomic E-state index is 0.0128. The summed E-state index contributed by atoms with van der Waals surface area (Å²) in [6.07, 6.45) is -2.13. The van der Waals surface area contributed by atoms with Crippen LogP contribution in [0.25, 0.3) is 0 Å². The van der Waals surface area contributed by atoms with Gasteiger partial charge in [0, 0.05) is 12.5 Å². The largest absolute Gasteiger partial charge is 0.488 e. The molecule has 2 radical (unpaired) electrons. The second kappa shape index (κ2) is 9.65. The topological polar surface area (TPSA) is 154 Å². The number of ether oxygens (including phenoxy) is 2. The van der Waals surface area contributed by atoms with Crippen molar-refractivity contribution >= 4 is 44.6 Å². The van der Waals surface area contributed by atoms with Crippen molar-refractivity contribution in [2.75, 3.05) is 35.6 Å². The van der Waals surface area contributed by atoms with Gasteiger partial charge in [0.25, 0.3) is 5.91 Å². The van der Waals surface area contributed by atoms with Crippen molar-refractivity contribution in [3.63, 3.8) is 0 Å². The number of amides is 1. The summed E-state index contributed by atoms with van der Waals surface area (Å²) in [4.78, 5) is 33.7. The van der Waals surface area contributed by atoms with Crippen molar-refractivity contribution < 1.29 is 37.7 Å². The van der Waals surface area contributed by atoms with Crippen LogP contribution in [-0.2, 0) is 27.8 Å². The molecule has 1 aromatic heterocycles. The minimum Gasteiger partial charge on any atom is -0.434 e. The van der Waals surface area contributed by atoms with E-state index in [1.807, 2.05) is 6.07 Å². The van der Waals surface area contributed by atoms with E-state index in [-0.39, 0.29) is 19.2 Å². The fourth-order valence-corrected chi connectivity index (χ4v) is 5.29. The zero-order valence-corrected chi connectivity index (χ0v) is 19.5. The summed E-state index contributed by atoms with van der Waals surface area (Å²) in [5.41, 5.74) is 0.972. The number of aliphatic hydroxyl groups is 1. The molecule has 182 valence electrons. The Morgan fingerprint density at radius 2 is 2.14 bits per heavy atom. The van der Waals surface area contributed by atoms with Crippen LogP contribution in [0.2, 0.25) is 0 Å². The van der Waals surface area contributed by atoms with Crippen LogP contribution in [0, 0.1) is 0 Å². The van der Waals surface area contributed by atoms with Crippen molar-refractivity contribution in [2.24, 2.45) is 0 Å². The molecule has 2 fully saturated rings.